The molecule has 3 rings (SSSR count). The van der Waals surface area contributed by atoms with E-state index in [1.165, 1.54) is 0 Å². The lowest BCUT2D eigenvalue weighted by molar-refractivity contribution is -0.145. The van der Waals surface area contributed by atoms with E-state index in [-0.39, 0.29) is 17.8 Å². The second-order valence-corrected chi connectivity index (χ2v) is 9.04. The van der Waals surface area contributed by atoms with Crippen molar-refractivity contribution in [2.45, 2.75) is 53.9 Å². The fraction of sp³-hybridized carbons (Fsp3) is 0.375. The zero-order chi connectivity index (χ0) is 25.8. The minimum atomic E-state index is -0.422. The molecule has 0 aliphatic heterocycles. The summed E-state index contributed by atoms with van der Waals surface area (Å²) in [5.41, 5.74) is 9.01. The zero-order valence-corrected chi connectivity index (χ0v) is 23.2. The molecule has 0 bridgehead atoms. The second kappa shape index (κ2) is 14.6. The quantitative estimate of drug-likeness (QED) is 0.325. The summed E-state index contributed by atoms with van der Waals surface area (Å²) in [7, 11) is 0. The van der Waals surface area contributed by atoms with Gasteiger partial charge in [0.25, 0.3) is 5.56 Å². The molecule has 0 spiro atoms. The highest BCUT2D eigenvalue weighted by Gasteiger charge is 2.07. The number of aromatic nitrogens is 3. The molecule has 0 amide bonds. The van der Waals surface area contributed by atoms with Crippen LogP contribution in [0.4, 0.5) is 5.82 Å². The molecular weight excluding hydrogens is 568 g/mol. The van der Waals surface area contributed by atoms with E-state index in [9.17, 15) is 14.4 Å². The first kappa shape index (κ1) is 29.4. The van der Waals surface area contributed by atoms with Gasteiger partial charge in [-0.3, -0.25) is 18.8 Å². The number of fused-ring (bicyclic) bond motifs is 1. The summed E-state index contributed by atoms with van der Waals surface area (Å²) >= 11 is 6.64. The summed E-state index contributed by atoms with van der Waals surface area (Å²) in [6.45, 7) is 9.65. The molecular formula is C24H30Br2N4O4. The van der Waals surface area contributed by atoms with E-state index in [1.807, 2.05) is 32.9 Å². The smallest absolute Gasteiger partial charge is 0.313 e. The van der Waals surface area contributed by atoms with Crippen molar-refractivity contribution in [3.63, 3.8) is 0 Å². The Hall–Kier alpha value is -2.59. The van der Waals surface area contributed by atoms with Gasteiger partial charge in [-0.1, -0.05) is 13.8 Å². The summed E-state index contributed by atoms with van der Waals surface area (Å²) in [5, 5.41) is 0. The van der Waals surface area contributed by atoms with E-state index < -0.39 is 5.97 Å². The van der Waals surface area contributed by atoms with Crippen LogP contribution >= 0.6 is 31.9 Å². The van der Waals surface area contributed by atoms with Crippen molar-refractivity contribution in [2.24, 2.45) is 0 Å². The fourth-order valence-corrected chi connectivity index (χ4v) is 3.60. The molecule has 8 nitrogen and oxygen atoms in total. The van der Waals surface area contributed by atoms with Crippen LogP contribution < -0.4 is 11.3 Å². The van der Waals surface area contributed by atoms with Crippen molar-refractivity contribution in [1.82, 2.24) is 14.4 Å². The number of Topliss-reactive ketones (excluding diaryl/α,β-unsaturated/α-hetero) is 1. The Bertz CT molecular complexity index is 1200. The van der Waals surface area contributed by atoms with Crippen LogP contribution in [0.15, 0.2) is 44.3 Å². The Morgan fingerprint density at radius 2 is 1.71 bits per heavy atom. The van der Waals surface area contributed by atoms with E-state index in [0.717, 1.165) is 37.8 Å². The van der Waals surface area contributed by atoms with Gasteiger partial charge in [0, 0.05) is 39.5 Å². The highest BCUT2D eigenvalue weighted by atomic mass is 79.9. The molecule has 0 saturated carbocycles. The molecule has 3 aromatic heterocycles. The van der Waals surface area contributed by atoms with Gasteiger partial charge in [-0.2, -0.15) is 0 Å². The number of hydrogen-bond acceptors (Lipinski definition) is 7. The van der Waals surface area contributed by atoms with Crippen molar-refractivity contribution < 1.29 is 14.3 Å². The molecule has 34 heavy (non-hydrogen) atoms. The number of ether oxygens (including phenoxy) is 1. The van der Waals surface area contributed by atoms with Crippen LogP contribution in [0.2, 0.25) is 0 Å². The number of esters is 1. The normalized spacial score (nSPS) is 9.97. The topological polar surface area (TPSA) is 117 Å². The Morgan fingerprint density at radius 3 is 2.24 bits per heavy atom. The van der Waals surface area contributed by atoms with Crippen molar-refractivity contribution in [3.05, 3.63) is 66.7 Å². The number of nitrogen functional groups attached to an aromatic ring is 1. The van der Waals surface area contributed by atoms with E-state index >= 15 is 0 Å². The van der Waals surface area contributed by atoms with E-state index in [2.05, 4.69) is 46.6 Å². The number of carbonyl (C=O) groups excluding carboxylic acids is 2. The molecule has 0 saturated heterocycles. The minimum absolute atomic E-state index is 0.0266. The van der Waals surface area contributed by atoms with Gasteiger partial charge < -0.3 is 10.5 Å². The van der Waals surface area contributed by atoms with Crippen molar-refractivity contribution >= 4 is 55.1 Å². The maximum absolute atomic E-state index is 11.8. The van der Waals surface area contributed by atoms with E-state index in [1.54, 1.807) is 36.7 Å². The third-order valence-corrected chi connectivity index (χ3v) is 5.32. The molecule has 10 heteroatoms. The summed E-state index contributed by atoms with van der Waals surface area (Å²) in [5.74, 6) is 0.103. The summed E-state index contributed by atoms with van der Waals surface area (Å²) in [6, 6.07) is 5.47. The van der Waals surface area contributed by atoms with Gasteiger partial charge in [0.15, 0.2) is 0 Å². The second-order valence-electron chi connectivity index (χ2n) is 7.20. The van der Waals surface area contributed by atoms with Gasteiger partial charge in [-0.05, 0) is 82.3 Å². The largest absolute Gasteiger partial charge is 0.466 e. The molecule has 0 aromatic carbocycles. The highest BCUT2D eigenvalue weighted by Crippen LogP contribution is 2.15. The number of nitrogens with zero attached hydrogens (tertiary/aromatic N) is 3. The number of pyridine rings is 2. The molecule has 0 aliphatic rings. The molecule has 184 valence electrons. The minimum Gasteiger partial charge on any atom is -0.466 e. The number of nitrogens with two attached hydrogens (primary N) is 1. The van der Waals surface area contributed by atoms with Crippen LogP contribution in [0, 0.1) is 13.8 Å². The molecule has 3 heterocycles. The fourth-order valence-electron chi connectivity index (χ4n) is 2.60. The third kappa shape index (κ3) is 9.72. The lowest BCUT2D eigenvalue weighted by Crippen LogP contribution is -2.16. The van der Waals surface area contributed by atoms with E-state index in [0.29, 0.717) is 18.8 Å². The number of halogens is 2. The summed E-state index contributed by atoms with van der Waals surface area (Å²) < 4.78 is 7.98. The average Bonchev–Trinajstić information content (AvgIpc) is 2.78. The summed E-state index contributed by atoms with van der Waals surface area (Å²) in [6.07, 6.45) is 4.53. The number of rotatable bonds is 5. The lowest BCUT2D eigenvalue weighted by Gasteiger charge is -2.05. The average molecular weight is 598 g/mol. The van der Waals surface area contributed by atoms with Crippen LogP contribution in [0.5, 0.6) is 0 Å². The predicted molar refractivity (Wildman–Crippen MR) is 141 cm³/mol. The van der Waals surface area contributed by atoms with Crippen LogP contribution in [0.1, 0.15) is 50.4 Å². The van der Waals surface area contributed by atoms with Gasteiger partial charge in [0.2, 0.25) is 0 Å². The number of hydrogen-bond donors (Lipinski definition) is 1. The monoisotopic (exact) mass is 596 g/mol. The van der Waals surface area contributed by atoms with Crippen LogP contribution in [0.3, 0.4) is 0 Å². The van der Waals surface area contributed by atoms with Crippen LogP contribution in [-0.4, -0.2) is 32.7 Å². The number of aryl methyl sites for hydroxylation is 3. The number of ketones is 1. The van der Waals surface area contributed by atoms with E-state index in [4.69, 9.17) is 5.73 Å². The Labute approximate surface area is 216 Å². The van der Waals surface area contributed by atoms with Gasteiger partial charge >= 0.3 is 5.97 Å². The maximum atomic E-state index is 11.8. The number of anilines is 1. The standard InChI is InChI=1S/C11H11BrN2O.C7H12O3.C6H7BrN2/c1-3-9-5-10(15)14-6-8(12)4-7(2)11(14)13-9;1-3-6(8)5-7(9)10-4-2;1-4-2-5(7)3-9-6(4)8/h4-6H,3H2,1-2H3;3-5H2,1-2H3;2-3H,1H3,(H2,8,9). The lowest BCUT2D eigenvalue weighted by atomic mass is 10.2. The van der Waals surface area contributed by atoms with Crippen molar-refractivity contribution in [3.8, 4) is 0 Å². The molecule has 0 atom stereocenters. The highest BCUT2D eigenvalue weighted by molar-refractivity contribution is 9.10. The van der Waals surface area contributed by atoms with Crippen molar-refractivity contribution in [2.75, 3.05) is 12.3 Å². The molecule has 0 fully saturated rings. The van der Waals surface area contributed by atoms with Crippen molar-refractivity contribution in [1.29, 1.82) is 0 Å². The Balaban J connectivity index is 0.000000268. The van der Waals surface area contributed by atoms with Gasteiger partial charge in [-0.15, -0.1) is 0 Å². The molecule has 0 unspecified atom stereocenters. The van der Waals surface area contributed by atoms with Crippen LogP contribution in [-0.2, 0) is 20.7 Å². The first-order valence-electron chi connectivity index (χ1n) is 10.8. The first-order valence-corrected chi connectivity index (χ1v) is 12.3. The zero-order valence-electron chi connectivity index (χ0n) is 20.0. The Kier molecular flexibility index (Phi) is 12.7. The SMILES string of the molecule is CCOC(=O)CC(=O)CC.CCc1cc(=O)n2cc(Br)cc(C)c2n1.Cc1cc(Br)cnc1N. The predicted octanol–water partition coefficient (Wildman–Crippen LogP) is 4.98. The molecule has 3 aromatic rings. The third-order valence-electron chi connectivity index (χ3n) is 4.45. The molecule has 0 aliphatic carbocycles. The molecule has 2 N–H and O–H groups in total. The summed E-state index contributed by atoms with van der Waals surface area (Å²) in [4.78, 5) is 41.3. The number of carbonyl (C=O) groups is 2. The molecule has 0 radical (unpaired) electrons. The van der Waals surface area contributed by atoms with Crippen LogP contribution in [0.25, 0.3) is 5.65 Å². The maximum Gasteiger partial charge on any atom is 0.313 e. The van der Waals surface area contributed by atoms with Gasteiger partial charge in [0.1, 0.15) is 23.7 Å². The van der Waals surface area contributed by atoms with Gasteiger partial charge in [-0.25, -0.2) is 9.97 Å². The Morgan fingerprint density at radius 1 is 1.06 bits per heavy atom. The van der Waals surface area contributed by atoms with Gasteiger partial charge in [0.05, 0.1) is 6.61 Å². The first-order chi connectivity index (χ1) is 16.0.